The monoisotopic (exact) mass is 344 g/mol. The third-order valence-corrected chi connectivity index (χ3v) is 3.92. The molecule has 25 heavy (non-hydrogen) atoms. The molecule has 0 radical (unpaired) electrons. The highest BCUT2D eigenvalue weighted by atomic mass is 16.5. The third-order valence-electron chi connectivity index (χ3n) is 3.92. The molecule has 1 heterocycles. The lowest BCUT2D eigenvalue weighted by Crippen LogP contribution is -2.22. The number of carbonyl (C=O) groups is 2. The molecule has 1 aromatic heterocycles. The average Bonchev–Trinajstić information content (AvgIpc) is 3.12. The van der Waals surface area contributed by atoms with Gasteiger partial charge in [-0.05, 0) is 37.1 Å². The van der Waals surface area contributed by atoms with Crippen molar-refractivity contribution in [3.05, 3.63) is 42.2 Å². The maximum atomic E-state index is 12.3. The first-order chi connectivity index (χ1) is 12.1. The highest BCUT2D eigenvalue weighted by Gasteiger charge is 2.14. The Morgan fingerprint density at radius 2 is 2.00 bits per heavy atom. The van der Waals surface area contributed by atoms with Crippen LogP contribution >= 0.6 is 0 Å². The Kier molecular flexibility index (Phi) is 6.56. The zero-order chi connectivity index (χ0) is 18.2. The number of hydrogen-bond acceptors (Lipinski definition) is 5. The number of methoxy groups -OCH3 is 1. The molecule has 0 bridgehead atoms. The minimum Gasteiger partial charge on any atom is -0.465 e. The Hall–Kier alpha value is -2.83. The largest absolute Gasteiger partial charge is 0.465 e. The quantitative estimate of drug-likeness (QED) is 0.719. The number of esters is 1. The molecule has 0 saturated heterocycles. The number of ether oxygens (including phenoxy) is 1. The second-order valence-electron chi connectivity index (χ2n) is 5.66. The predicted molar refractivity (Wildman–Crippen MR) is 96.6 cm³/mol. The third kappa shape index (κ3) is 5.07. The van der Waals surface area contributed by atoms with Crippen LogP contribution in [0.1, 0.15) is 37.0 Å². The van der Waals surface area contributed by atoms with Crippen LogP contribution in [-0.4, -0.2) is 34.8 Å². The molecule has 0 atom stereocenters. The van der Waals surface area contributed by atoms with E-state index in [9.17, 15) is 9.59 Å². The van der Waals surface area contributed by atoms with Gasteiger partial charge in [-0.2, -0.15) is 5.10 Å². The summed E-state index contributed by atoms with van der Waals surface area (Å²) in [6, 6.07) is 7.13. The van der Waals surface area contributed by atoms with Crippen LogP contribution in [0.4, 0.5) is 11.4 Å². The van der Waals surface area contributed by atoms with Crippen molar-refractivity contribution in [1.82, 2.24) is 9.78 Å². The molecule has 7 nitrogen and oxygen atoms in total. The zero-order valence-corrected chi connectivity index (χ0v) is 14.8. The van der Waals surface area contributed by atoms with E-state index in [0.717, 1.165) is 18.5 Å². The van der Waals surface area contributed by atoms with E-state index in [-0.39, 0.29) is 18.5 Å². The Balaban J connectivity index is 2.23. The minimum atomic E-state index is -0.448. The first-order valence-electron chi connectivity index (χ1n) is 8.33. The van der Waals surface area contributed by atoms with Gasteiger partial charge in [-0.1, -0.05) is 13.8 Å². The number of hydrogen-bond donors (Lipinski definition) is 2. The summed E-state index contributed by atoms with van der Waals surface area (Å²) in [5.41, 5.74) is 1.70. The van der Waals surface area contributed by atoms with Gasteiger partial charge in [0.25, 0.3) is 0 Å². The Morgan fingerprint density at radius 1 is 1.24 bits per heavy atom. The number of nitrogens with zero attached hydrogens (tertiary/aromatic N) is 2. The van der Waals surface area contributed by atoms with Crippen LogP contribution in [-0.2, 0) is 16.1 Å². The SMILES string of the molecule is CCC(CC)Nc1ccc(C(=O)OC)cc1NC(=O)Cn1cccn1. The maximum absolute atomic E-state index is 12.3. The van der Waals surface area contributed by atoms with Gasteiger partial charge in [0.2, 0.25) is 5.91 Å². The zero-order valence-electron chi connectivity index (χ0n) is 14.8. The predicted octanol–water partition coefficient (Wildman–Crippen LogP) is 2.91. The molecule has 134 valence electrons. The van der Waals surface area contributed by atoms with Gasteiger partial charge in [-0.3, -0.25) is 9.48 Å². The van der Waals surface area contributed by atoms with Crippen molar-refractivity contribution in [1.29, 1.82) is 0 Å². The van der Waals surface area contributed by atoms with E-state index in [0.29, 0.717) is 11.3 Å². The van der Waals surface area contributed by atoms with Crippen molar-refractivity contribution in [3.8, 4) is 0 Å². The van der Waals surface area contributed by atoms with Crippen molar-refractivity contribution in [2.75, 3.05) is 17.7 Å². The average molecular weight is 344 g/mol. The van der Waals surface area contributed by atoms with Gasteiger partial charge in [-0.15, -0.1) is 0 Å². The van der Waals surface area contributed by atoms with Crippen LogP contribution in [0, 0.1) is 0 Å². The number of nitrogens with one attached hydrogen (secondary N) is 2. The summed E-state index contributed by atoms with van der Waals surface area (Å²) in [4.78, 5) is 24.1. The molecule has 2 aromatic rings. The van der Waals surface area contributed by atoms with Crippen molar-refractivity contribution < 1.29 is 14.3 Å². The molecule has 0 fully saturated rings. The van der Waals surface area contributed by atoms with E-state index in [1.807, 2.05) is 0 Å². The summed E-state index contributed by atoms with van der Waals surface area (Å²) in [5, 5.41) is 10.3. The van der Waals surface area contributed by atoms with Crippen molar-refractivity contribution >= 4 is 23.3 Å². The summed E-state index contributed by atoms with van der Waals surface area (Å²) in [6.45, 7) is 4.29. The summed E-state index contributed by atoms with van der Waals surface area (Å²) in [6.07, 6.45) is 5.24. The van der Waals surface area contributed by atoms with Crippen LogP contribution in [0.2, 0.25) is 0 Å². The highest BCUT2D eigenvalue weighted by Crippen LogP contribution is 2.25. The van der Waals surface area contributed by atoms with E-state index < -0.39 is 5.97 Å². The topological polar surface area (TPSA) is 85.3 Å². The van der Waals surface area contributed by atoms with Gasteiger partial charge < -0.3 is 15.4 Å². The Morgan fingerprint density at radius 3 is 2.60 bits per heavy atom. The molecule has 0 unspecified atom stereocenters. The summed E-state index contributed by atoms with van der Waals surface area (Å²) >= 11 is 0. The molecule has 0 aliphatic rings. The second-order valence-corrected chi connectivity index (χ2v) is 5.66. The van der Waals surface area contributed by atoms with Gasteiger partial charge in [0, 0.05) is 18.4 Å². The van der Waals surface area contributed by atoms with Gasteiger partial charge in [0.1, 0.15) is 6.54 Å². The molecule has 1 amide bonds. The number of carbonyl (C=O) groups excluding carboxylic acids is 2. The smallest absolute Gasteiger partial charge is 0.337 e. The molecule has 1 aromatic carbocycles. The normalized spacial score (nSPS) is 10.6. The van der Waals surface area contributed by atoms with E-state index in [2.05, 4.69) is 29.6 Å². The van der Waals surface area contributed by atoms with Crippen LogP contribution in [0.3, 0.4) is 0 Å². The molecular formula is C18H24N4O3. The van der Waals surface area contributed by atoms with Gasteiger partial charge >= 0.3 is 5.97 Å². The number of rotatable bonds is 8. The van der Waals surface area contributed by atoms with E-state index >= 15 is 0 Å². The van der Waals surface area contributed by atoms with Gasteiger partial charge in [0.15, 0.2) is 0 Å². The summed E-state index contributed by atoms with van der Waals surface area (Å²) in [5.74, 6) is -0.671. The second kappa shape index (κ2) is 8.86. The standard InChI is InChI=1S/C18H24N4O3/c1-4-14(5-2)20-15-8-7-13(18(24)25-3)11-16(15)21-17(23)12-22-10-6-9-19-22/h6-11,14,20H,4-5,12H2,1-3H3,(H,21,23). The summed E-state index contributed by atoms with van der Waals surface area (Å²) < 4.78 is 6.29. The fourth-order valence-electron chi connectivity index (χ4n) is 2.46. The number of anilines is 2. The minimum absolute atomic E-state index is 0.0971. The van der Waals surface area contributed by atoms with Gasteiger partial charge in [-0.25, -0.2) is 4.79 Å². The maximum Gasteiger partial charge on any atom is 0.337 e. The fourth-order valence-corrected chi connectivity index (χ4v) is 2.46. The van der Waals surface area contributed by atoms with Crippen LogP contribution in [0.15, 0.2) is 36.7 Å². The molecule has 2 rings (SSSR count). The lowest BCUT2D eigenvalue weighted by molar-refractivity contribution is -0.116. The van der Waals surface area contributed by atoms with Gasteiger partial charge in [0.05, 0.1) is 24.0 Å². The molecule has 0 spiro atoms. The molecule has 7 heteroatoms. The van der Waals surface area contributed by atoms with Crippen LogP contribution in [0.25, 0.3) is 0 Å². The Labute approximate surface area is 147 Å². The summed E-state index contributed by atoms with van der Waals surface area (Å²) in [7, 11) is 1.33. The van der Waals surface area contributed by atoms with Crippen molar-refractivity contribution in [3.63, 3.8) is 0 Å². The van der Waals surface area contributed by atoms with E-state index in [1.165, 1.54) is 11.8 Å². The van der Waals surface area contributed by atoms with Crippen LogP contribution < -0.4 is 10.6 Å². The van der Waals surface area contributed by atoms with Crippen molar-refractivity contribution in [2.45, 2.75) is 39.3 Å². The van der Waals surface area contributed by atoms with E-state index in [4.69, 9.17) is 4.74 Å². The lowest BCUT2D eigenvalue weighted by Gasteiger charge is -2.20. The lowest BCUT2D eigenvalue weighted by atomic mass is 10.1. The Bertz CT molecular complexity index is 709. The van der Waals surface area contributed by atoms with Crippen molar-refractivity contribution in [2.24, 2.45) is 0 Å². The molecular weight excluding hydrogens is 320 g/mol. The van der Waals surface area contributed by atoms with Crippen LogP contribution in [0.5, 0.6) is 0 Å². The molecule has 0 aliphatic heterocycles. The first kappa shape index (κ1) is 18.5. The molecule has 0 saturated carbocycles. The highest BCUT2D eigenvalue weighted by molar-refractivity contribution is 5.97. The van der Waals surface area contributed by atoms with E-state index in [1.54, 1.807) is 36.7 Å². The molecule has 2 N–H and O–H groups in total. The number of amides is 1. The first-order valence-corrected chi connectivity index (χ1v) is 8.33. The number of benzene rings is 1. The fraction of sp³-hybridized carbons (Fsp3) is 0.389. The molecule has 0 aliphatic carbocycles. The number of aromatic nitrogens is 2.